The number of benzene rings is 2. The number of aryl methyl sites for hydroxylation is 1. The number of rotatable bonds is 6. The predicted octanol–water partition coefficient (Wildman–Crippen LogP) is 1.89. The molecule has 1 heterocycles. The first kappa shape index (κ1) is 20.8. The normalized spacial score (nSPS) is 17.1. The van der Waals surface area contributed by atoms with Gasteiger partial charge in [-0.25, -0.2) is 8.42 Å². The maximum atomic E-state index is 13.2. The highest BCUT2D eigenvalue weighted by Crippen LogP contribution is 2.30. The van der Waals surface area contributed by atoms with E-state index in [1.807, 2.05) is 0 Å². The molecule has 0 radical (unpaired) electrons. The number of nitrogens with zero attached hydrogens (tertiary/aromatic N) is 1. The van der Waals surface area contributed by atoms with Gasteiger partial charge in [-0.1, -0.05) is 6.07 Å². The topological polar surface area (TPSA) is 119 Å². The maximum absolute atomic E-state index is 13.2. The summed E-state index contributed by atoms with van der Waals surface area (Å²) in [5.41, 5.74) is 6.57. The number of hydrogen-bond donors (Lipinski definition) is 2. The van der Waals surface area contributed by atoms with Gasteiger partial charge in [-0.3, -0.25) is 9.59 Å². The van der Waals surface area contributed by atoms with E-state index in [2.05, 4.69) is 5.32 Å². The second-order valence-corrected chi connectivity index (χ2v) is 8.70. The average Bonchev–Trinajstić information content (AvgIpc) is 3.19. The molecule has 1 aliphatic rings. The third-order valence-electron chi connectivity index (χ3n) is 4.93. The molecule has 3 N–H and O–H groups in total. The molecule has 3 rings (SSSR count). The Bertz CT molecular complexity index is 1030. The molecule has 0 bridgehead atoms. The van der Waals surface area contributed by atoms with E-state index in [-0.39, 0.29) is 11.4 Å². The summed E-state index contributed by atoms with van der Waals surface area (Å²) < 4.78 is 32.9. The van der Waals surface area contributed by atoms with Crippen LogP contribution in [0.4, 0.5) is 5.69 Å². The second kappa shape index (κ2) is 8.22. The summed E-state index contributed by atoms with van der Waals surface area (Å²) in [7, 11) is -2.41. The van der Waals surface area contributed by atoms with E-state index < -0.39 is 27.9 Å². The molecule has 0 spiro atoms. The number of amides is 2. The molecular weight excluding hydrogens is 394 g/mol. The van der Waals surface area contributed by atoms with Crippen LogP contribution in [0.25, 0.3) is 0 Å². The highest BCUT2D eigenvalue weighted by Gasteiger charge is 2.40. The van der Waals surface area contributed by atoms with Gasteiger partial charge in [0.25, 0.3) is 0 Å². The molecule has 8 nitrogen and oxygen atoms in total. The van der Waals surface area contributed by atoms with Crippen molar-refractivity contribution in [1.82, 2.24) is 4.31 Å². The van der Waals surface area contributed by atoms with E-state index in [1.54, 1.807) is 31.2 Å². The Morgan fingerprint density at radius 2 is 1.86 bits per heavy atom. The van der Waals surface area contributed by atoms with Crippen molar-refractivity contribution in [2.45, 2.75) is 30.7 Å². The Morgan fingerprint density at radius 3 is 2.48 bits per heavy atom. The Balaban J connectivity index is 1.83. The Hall–Kier alpha value is -2.91. The number of ether oxygens (including phenoxy) is 1. The van der Waals surface area contributed by atoms with Gasteiger partial charge in [0.2, 0.25) is 21.8 Å². The summed E-state index contributed by atoms with van der Waals surface area (Å²) in [5.74, 6) is -0.549. The molecule has 2 amide bonds. The lowest BCUT2D eigenvalue weighted by Gasteiger charge is -2.24. The van der Waals surface area contributed by atoms with Crippen LogP contribution in [-0.4, -0.2) is 44.2 Å². The van der Waals surface area contributed by atoms with Crippen LogP contribution in [0.3, 0.4) is 0 Å². The first-order chi connectivity index (χ1) is 13.7. The third-order valence-corrected chi connectivity index (χ3v) is 6.98. The van der Waals surface area contributed by atoms with Crippen LogP contribution in [0.2, 0.25) is 0 Å². The molecule has 0 unspecified atom stereocenters. The largest absolute Gasteiger partial charge is 0.497 e. The quantitative estimate of drug-likeness (QED) is 0.744. The van der Waals surface area contributed by atoms with Crippen molar-refractivity contribution < 1.29 is 22.7 Å². The van der Waals surface area contributed by atoms with Crippen molar-refractivity contribution in [3.63, 3.8) is 0 Å². The van der Waals surface area contributed by atoms with Gasteiger partial charge < -0.3 is 15.8 Å². The monoisotopic (exact) mass is 417 g/mol. The van der Waals surface area contributed by atoms with Gasteiger partial charge in [0.1, 0.15) is 11.8 Å². The molecule has 0 saturated carbocycles. The minimum absolute atomic E-state index is 0.127. The number of nitrogens with one attached hydrogen (secondary N) is 1. The first-order valence-corrected chi connectivity index (χ1v) is 10.6. The second-order valence-electron chi connectivity index (χ2n) is 6.84. The van der Waals surface area contributed by atoms with Crippen LogP contribution in [0.15, 0.2) is 47.4 Å². The van der Waals surface area contributed by atoms with Crippen molar-refractivity contribution in [1.29, 1.82) is 0 Å². The van der Waals surface area contributed by atoms with Gasteiger partial charge in [-0.15, -0.1) is 0 Å². The van der Waals surface area contributed by atoms with E-state index in [0.29, 0.717) is 35.4 Å². The summed E-state index contributed by atoms with van der Waals surface area (Å²) >= 11 is 0. The maximum Gasteiger partial charge on any atom is 0.248 e. The molecule has 1 atom stereocenters. The number of sulfonamides is 1. The summed E-state index contributed by atoms with van der Waals surface area (Å²) in [6.45, 7) is 1.97. The van der Waals surface area contributed by atoms with E-state index in [0.717, 1.165) is 0 Å². The fourth-order valence-corrected chi connectivity index (χ4v) is 5.24. The first-order valence-electron chi connectivity index (χ1n) is 9.11. The van der Waals surface area contributed by atoms with Crippen LogP contribution in [-0.2, 0) is 14.8 Å². The molecule has 1 aliphatic heterocycles. The lowest BCUT2D eigenvalue weighted by atomic mass is 10.2. The van der Waals surface area contributed by atoms with Gasteiger partial charge in [0.15, 0.2) is 0 Å². The highest BCUT2D eigenvalue weighted by molar-refractivity contribution is 7.89. The number of hydrogen-bond acceptors (Lipinski definition) is 5. The van der Waals surface area contributed by atoms with E-state index >= 15 is 0 Å². The molecule has 0 aliphatic carbocycles. The average molecular weight is 417 g/mol. The molecule has 29 heavy (non-hydrogen) atoms. The predicted molar refractivity (Wildman–Crippen MR) is 108 cm³/mol. The fourth-order valence-electron chi connectivity index (χ4n) is 3.34. The Kier molecular flexibility index (Phi) is 5.90. The number of carbonyl (C=O) groups excluding carboxylic acids is 2. The summed E-state index contributed by atoms with van der Waals surface area (Å²) in [5, 5.41) is 2.72. The molecule has 9 heteroatoms. The van der Waals surface area contributed by atoms with Crippen LogP contribution < -0.4 is 15.8 Å². The number of carbonyl (C=O) groups is 2. The van der Waals surface area contributed by atoms with Gasteiger partial charge in [0.05, 0.1) is 12.0 Å². The van der Waals surface area contributed by atoms with Crippen molar-refractivity contribution in [3.05, 3.63) is 53.6 Å². The zero-order valence-corrected chi connectivity index (χ0v) is 17.0. The summed E-state index contributed by atoms with van der Waals surface area (Å²) in [4.78, 5) is 24.1. The van der Waals surface area contributed by atoms with Crippen molar-refractivity contribution >= 4 is 27.5 Å². The van der Waals surface area contributed by atoms with Crippen molar-refractivity contribution in [2.24, 2.45) is 5.73 Å². The minimum Gasteiger partial charge on any atom is -0.497 e. The lowest BCUT2D eigenvalue weighted by molar-refractivity contribution is -0.119. The van der Waals surface area contributed by atoms with Gasteiger partial charge in [-0.05, 0) is 55.7 Å². The fraction of sp³-hybridized carbons (Fsp3) is 0.300. The van der Waals surface area contributed by atoms with E-state index in [9.17, 15) is 18.0 Å². The smallest absolute Gasteiger partial charge is 0.248 e. The van der Waals surface area contributed by atoms with Gasteiger partial charge in [0, 0.05) is 23.9 Å². The zero-order valence-electron chi connectivity index (χ0n) is 16.2. The lowest BCUT2D eigenvalue weighted by Crippen LogP contribution is -2.43. The summed E-state index contributed by atoms with van der Waals surface area (Å²) in [6, 6.07) is 10.1. The van der Waals surface area contributed by atoms with Crippen LogP contribution in [0.5, 0.6) is 5.75 Å². The van der Waals surface area contributed by atoms with Crippen LogP contribution in [0.1, 0.15) is 28.8 Å². The van der Waals surface area contributed by atoms with Crippen molar-refractivity contribution in [3.8, 4) is 5.75 Å². The Labute approximate surface area is 169 Å². The SMILES string of the molecule is COc1ccc(C)c(S(=O)(=O)N2CCC[C@H]2C(=O)Nc2ccc(C(N)=O)cc2)c1. The molecule has 154 valence electrons. The summed E-state index contributed by atoms with van der Waals surface area (Å²) in [6.07, 6.45) is 1.01. The van der Waals surface area contributed by atoms with E-state index in [4.69, 9.17) is 10.5 Å². The minimum atomic E-state index is -3.88. The number of anilines is 1. The van der Waals surface area contributed by atoms with Crippen LogP contribution in [0, 0.1) is 6.92 Å². The van der Waals surface area contributed by atoms with Crippen LogP contribution >= 0.6 is 0 Å². The Morgan fingerprint density at radius 1 is 1.17 bits per heavy atom. The third kappa shape index (κ3) is 4.25. The number of methoxy groups -OCH3 is 1. The molecule has 2 aromatic carbocycles. The van der Waals surface area contributed by atoms with Crippen molar-refractivity contribution in [2.75, 3.05) is 19.0 Å². The number of nitrogens with two attached hydrogens (primary N) is 1. The molecule has 1 fully saturated rings. The van der Waals surface area contributed by atoms with Gasteiger partial charge in [-0.2, -0.15) is 4.31 Å². The van der Waals surface area contributed by atoms with Gasteiger partial charge >= 0.3 is 0 Å². The molecular formula is C20H23N3O5S. The number of primary amides is 1. The van der Waals surface area contributed by atoms with E-state index in [1.165, 1.54) is 29.6 Å². The zero-order chi connectivity index (χ0) is 21.2. The molecule has 2 aromatic rings. The molecule has 1 saturated heterocycles. The highest BCUT2D eigenvalue weighted by atomic mass is 32.2. The standard InChI is InChI=1S/C20H23N3O5S/c1-13-5-10-16(28-2)12-18(13)29(26,27)23-11-3-4-17(23)20(25)22-15-8-6-14(7-9-15)19(21)24/h5-10,12,17H,3-4,11H2,1-2H3,(H2,21,24)(H,22,25)/t17-/m0/s1. The molecule has 0 aromatic heterocycles.